The summed E-state index contributed by atoms with van der Waals surface area (Å²) < 4.78 is 11.2. The van der Waals surface area contributed by atoms with Crippen molar-refractivity contribution in [2.45, 2.75) is 89.3 Å². The minimum absolute atomic E-state index is 0.0400. The van der Waals surface area contributed by atoms with Crippen molar-refractivity contribution in [3.05, 3.63) is 0 Å². The van der Waals surface area contributed by atoms with Crippen LogP contribution >= 0.6 is 8.46 Å². The lowest BCUT2D eigenvalue weighted by atomic mass is 10.1. The first-order valence-corrected chi connectivity index (χ1v) is 10.5. The third-order valence-corrected chi connectivity index (χ3v) is 5.44. The van der Waals surface area contributed by atoms with E-state index < -0.39 is 19.7 Å². The summed E-state index contributed by atoms with van der Waals surface area (Å²) in [4.78, 5) is 26.2. The number of hydrogen-bond acceptors (Lipinski definition) is 4. The Hall–Kier alpha value is -1.00. The van der Waals surface area contributed by atoms with Gasteiger partial charge >= 0.3 is 0 Å². The predicted molar refractivity (Wildman–Crippen MR) is 98.4 cm³/mol. The highest BCUT2D eigenvalue weighted by Gasteiger charge is 2.36. The molecule has 1 atom stereocenters. The van der Waals surface area contributed by atoms with Crippen molar-refractivity contribution in [3.63, 3.8) is 0 Å². The summed E-state index contributed by atoms with van der Waals surface area (Å²) in [5.74, 6) is -0.639. The van der Waals surface area contributed by atoms with Gasteiger partial charge in [-0.3, -0.25) is 14.2 Å². The van der Waals surface area contributed by atoms with E-state index in [9.17, 15) is 19.3 Å². The second-order valence-corrected chi connectivity index (χ2v) is 7.83. The minimum atomic E-state index is -1.90. The highest BCUT2D eigenvalue weighted by molar-refractivity contribution is 7.27. The molecule has 7 heteroatoms. The quantitative estimate of drug-likeness (QED) is 0.698. The molecule has 0 spiro atoms. The number of nitrogens with zero attached hydrogens (tertiary/aromatic N) is 1. The standard InChI is InChI=1S/C18H33N2O4P/c1-2-13-18(23,25-24)17(22)19-15-20-14-11-9-7-5-3-4-6-8-10-12-16(20)21/h23H,2-15H2,1H3,(H,19,22). The molecule has 1 heterocycles. The lowest BCUT2D eigenvalue weighted by Crippen LogP contribution is -2.48. The molecule has 0 bridgehead atoms. The van der Waals surface area contributed by atoms with Gasteiger partial charge < -0.3 is 15.3 Å². The Morgan fingerprint density at radius 1 is 1.12 bits per heavy atom. The topological polar surface area (TPSA) is 86.7 Å². The van der Waals surface area contributed by atoms with E-state index in [4.69, 9.17) is 0 Å². The third kappa shape index (κ3) is 8.28. The van der Waals surface area contributed by atoms with Gasteiger partial charge in [-0.05, 0) is 19.3 Å². The molecule has 1 fully saturated rings. The van der Waals surface area contributed by atoms with Gasteiger partial charge in [0.05, 0.1) is 6.67 Å². The van der Waals surface area contributed by atoms with E-state index in [1.54, 1.807) is 4.90 Å². The summed E-state index contributed by atoms with van der Waals surface area (Å²) in [7, 11) is -0.606. The second kappa shape index (κ2) is 12.4. The number of carbonyl (C=O) groups is 2. The van der Waals surface area contributed by atoms with Gasteiger partial charge in [-0.1, -0.05) is 58.3 Å². The lowest BCUT2D eigenvalue weighted by molar-refractivity contribution is -0.136. The number of nitrogens with one attached hydrogen (secondary N) is 1. The largest absolute Gasteiger partial charge is 0.370 e. The highest BCUT2D eigenvalue weighted by atomic mass is 31.1. The van der Waals surface area contributed by atoms with Crippen molar-refractivity contribution in [2.75, 3.05) is 13.2 Å². The molecule has 1 unspecified atom stereocenters. The predicted octanol–water partition coefficient (Wildman–Crippen LogP) is 3.58. The average Bonchev–Trinajstić information content (AvgIpc) is 2.62. The Bertz CT molecular complexity index is 433. The fourth-order valence-corrected chi connectivity index (χ4v) is 3.60. The van der Waals surface area contributed by atoms with E-state index in [-0.39, 0.29) is 19.0 Å². The van der Waals surface area contributed by atoms with Crippen molar-refractivity contribution >= 4 is 20.3 Å². The van der Waals surface area contributed by atoms with Gasteiger partial charge in [-0.2, -0.15) is 0 Å². The van der Waals surface area contributed by atoms with Crippen LogP contribution in [0.15, 0.2) is 0 Å². The summed E-state index contributed by atoms with van der Waals surface area (Å²) in [5.41, 5.74) is 0. The fourth-order valence-electron chi connectivity index (χ4n) is 3.12. The number of hydrogen-bond donors (Lipinski definition) is 2. The third-order valence-electron chi connectivity index (χ3n) is 4.72. The first-order valence-electron chi connectivity index (χ1n) is 9.66. The Morgan fingerprint density at radius 2 is 1.68 bits per heavy atom. The van der Waals surface area contributed by atoms with Crippen LogP contribution in [0, 0.1) is 0 Å². The van der Waals surface area contributed by atoms with E-state index in [0.717, 1.165) is 25.7 Å². The summed E-state index contributed by atoms with van der Waals surface area (Å²) >= 11 is 0. The van der Waals surface area contributed by atoms with E-state index in [0.29, 0.717) is 19.4 Å². The van der Waals surface area contributed by atoms with Crippen LogP contribution in [0.25, 0.3) is 0 Å². The van der Waals surface area contributed by atoms with Gasteiger partial charge in [-0.25, -0.2) is 0 Å². The maximum Gasteiger partial charge on any atom is 0.265 e. The molecule has 1 rings (SSSR count). The molecule has 0 saturated carbocycles. The molecule has 1 aliphatic rings. The minimum Gasteiger partial charge on any atom is -0.370 e. The maximum atomic E-state index is 12.4. The molecule has 0 radical (unpaired) electrons. The summed E-state index contributed by atoms with van der Waals surface area (Å²) in [6, 6.07) is 0. The Balaban J connectivity index is 2.58. The first kappa shape index (κ1) is 22.0. The number of aliphatic hydroxyl groups is 1. The first-order chi connectivity index (χ1) is 12.0. The van der Waals surface area contributed by atoms with Crippen LogP contribution in [0.3, 0.4) is 0 Å². The smallest absolute Gasteiger partial charge is 0.265 e. The number of amides is 2. The molecule has 0 aromatic carbocycles. The summed E-state index contributed by atoms with van der Waals surface area (Å²) in [5, 5.41) is 10.8. The lowest BCUT2D eigenvalue weighted by Gasteiger charge is -2.26. The second-order valence-electron chi connectivity index (χ2n) is 6.91. The van der Waals surface area contributed by atoms with Crippen LogP contribution < -0.4 is 5.32 Å². The molecule has 0 aromatic rings. The number of carbonyl (C=O) groups excluding carboxylic acids is 2. The normalized spacial score (nSPS) is 20.9. The molecule has 1 saturated heterocycles. The Labute approximate surface area is 152 Å². The molecule has 0 aromatic heterocycles. The van der Waals surface area contributed by atoms with Crippen molar-refractivity contribution < 1.29 is 19.3 Å². The van der Waals surface area contributed by atoms with E-state index in [1.807, 2.05) is 6.92 Å². The molecule has 2 amide bonds. The van der Waals surface area contributed by atoms with Gasteiger partial charge in [0.15, 0.2) is 0 Å². The number of rotatable bonds is 6. The van der Waals surface area contributed by atoms with Gasteiger partial charge in [0, 0.05) is 13.0 Å². The van der Waals surface area contributed by atoms with Crippen LogP contribution in [-0.2, 0) is 14.2 Å². The highest BCUT2D eigenvalue weighted by Crippen LogP contribution is 2.25. The van der Waals surface area contributed by atoms with Crippen molar-refractivity contribution in [2.24, 2.45) is 0 Å². The molecule has 2 N–H and O–H groups in total. The summed E-state index contributed by atoms with van der Waals surface area (Å²) in [6.45, 7) is 2.49. The molecule has 25 heavy (non-hydrogen) atoms. The molecule has 1 aliphatic heterocycles. The SMILES string of the molecule is CCCC(O)(P=O)C(=O)NCN1CCCCCCCCCCCC1=O. The molecular weight excluding hydrogens is 339 g/mol. The van der Waals surface area contributed by atoms with Gasteiger partial charge in [0.2, 0.25) is 19.7 Å². The van der Waals surface area contributed by atoms with Gasteiger partial charge in [-0.15, -0.1) is 0 Å². The van der Waals surface area contributed by atoms with Gasteiger partial charge in [0.25, 0.3) is 5.91 Å². The zero-order chi connectivity index (χ0) is 18.5. The van der Waals surface area contributed by atoms with Crippen LogP contribution in [0.5, 0.6) is 0 Å². The fraction of sp³-hybridized carbons (Fsp3) is 0.889. The maximum absolute atomic E-state index is 12.4. The molecule has 144 valence electrons. The molecule has 0 aliphatic carbocycles. The zero-order valence-corrected chi connectivity index (χ0v) is 16.4. The monoisotopic (exact) mass is 372 g/mol. The molecular formula is C18H33N2O4P. The van der Waals surface area contributed by atoms with Crippen LogP contribution in [-0.4, -0.2) is 40.4 Å². The summed E-state index contributed by atoms with van der Waals surface area (Å²) in [6.07, 6.45) is 11.2. The van der Waals surface area contributed by atoms with E-state index in [1.165, 1.54) is 32.1 Å². The van der Waals surface area contributed by atoms with E-state index >= 15 is 0 Å². The van der Waals surface area contributed by atoms with Crippen molar-refractivity contribution in [3.8, 4) is 0 Å². The Kier molecular flexibility index (Phi) is 10.9. The van der Waals surface area contributed by atoms with Crippen molar-refractivity contribution in [1.82, 2.24) is 10.2 Å². The molecule has 6 nitrogen and oxygen atoms in total. The Morgan fingerprint density at radius 3 is 2.24 bits per heavy atom. The van der Waals surface area contributed by atoms with Crippen LogP contribution in [0.1, 0.15) is 84.0 Å². The van der Waals surface area contributed by atoms with E-state index in [2.05, 4.69) is 5.32 Å². The van der Waals surface area contributed by atoms with Crippen LogP contribution in [0.4, 0.5) is 0 Å². The van der Waals surface area contributed by atoms with Crippen molar-refractivity contribution in [1.29, 1.82) is 0 Å². The van der Waals surface area contributed by atoms with Gasteiger partial charge in [0.1, 0.15) is 0 Å². The van der Waals surface area contributed by atoms with Crippen LogP contribution in [0.2, 0.25) is 0 Å². The average molecular weight is 372 g/mol. The zero-order valence-electron chi connectivity index (χ0n) is 15.5.